The number of carbonyl (C=O) groups is 1. The van der Waals surface area contributed by atoms with Crippen LogP contribution < -0.4 is 20.9 Å². The third-order valence-corrected chi connectivity index (χ3v) is 7.92. The maximum Gasteiger partial charge on any atom is 0.460 e. The lowest BCUT2D eigenvalue weighted by atomic mass is 10.1. The van der Waals surface area contributed by atoms with Crippen LogP contribution in [-0.2, 0) is 23.4 Å². The molecule has 0 bridgehead atoms. The molecule has 1 aliphatic rings. The third-order valence-electron chi connectivity index (χ3n) is 6.27. The number of benzene rings is 2. The first-order valence-electron chi connectivity index (χ1n) is 12.9. The predicted octanol–water partition coefficient (Wildman–Crippen LogP) is 3.54. The molecule has 0 radical (unpaired) electrons. The number of H-pyrrole nitrogens is 1. The second kappa shape index (κ2) is 12.6. The largest absolute Gasteiger partial charge is 0.462 e. The summed E-state index contributed by atoms with van der Waals surface area (Å²) in [6.07, 6.45) is -15.3. The number of rotatable bonds is 10. The number of alkyl halides is 3. The van der Waals surface area contributed by atoms with Crippen molar-refractivity contribution in [2.24, 2.45) is 0 Å². The van der Waals surface area contributed by atoms with Gasteiger partial charge in [0, 0.05) is 11.8 Å². The fourth-order valence-electron chi connectivity index (χ4n) is 4.36. The summed E-state index contributed by atoms with van der Waals surface area (Å²) < 4.78 is 92.8. The van der Waals surface area contributed by atoms with Crippen molar-refractivity contribution in [2.75, 3.05) is 0 Å². The number of aliphatic hydroxyl groups excluding tert-OH is 1. The quantitative estimate of drug-likeness (QED) is 0.171. The van der Waals surface area contributed by atoms with E-state index in [2.05, 4.69) is 5.09 Å². The van der Waals surface area contributed by atoms with E-state index in [4.69, 9.17) is 18.5 Å². The van der Waals surface area contributed by atoms with E-state index in [1.54, 1.807) is 35.3 Å². The number of hydrogen-bond donors (Lipinski definition) is 3. The minimum absolute atomic E-state index is 0.152. The highest BCUT2D eigenvalue weighted by atomic mass is 31.2. The highest BCUT2D eigenvalue weighted by molar-refractivity contribution is 7.52. The molecule has 3 aromatic rings. The molecular weight excluding hydrogens is 605 g/mol. The van der Waals surface area contributed by atoms with Crippen LogP contribution in [0.3, 0.4) is 0 Å². The topological polar surface area (TPSA) is 158 Å². The van der Waals surface area contributed by atoms with Crippen LogP contribution in [-0.4, -0.2) is 57.3 Å². The van der Waals surface area contributed by atoms with Gasteiger partial charge in [0.15, 0.2) is 6.10 Å². The minimum Gasteiger partial charge on any atom is -0.462 e. The van der Waals surface area contributed by atoms with Crippen LogP contribution in [0.5, 0.6) is 5.75 Å². The van der Waals surface area contributed by atoms with Gasteiger partial charge in [-0.3, -0.25) is 23.7 Å². The van der Waals surface area contributed by atoms with Crippen LogP contribution >= 0.6 is 7.75 Å². The summed E-state index contributed by atoms with van der Waals surface area (Å²) >= 11 is 0. The molecule has 6 atom stereocenters. The fourth-order valence-corrected chi connectivity index (χ4v) is 6.05. The first-order valence-corrected chi connectivity index (χ1v) is 14.5. The van der Waals surface area contributed by atoms with Crippen LogP contribution in [0, 0.1) is 5.82 Å². The molecule has 234 valence electrons. The first-order chi connectivity index (χ1) is 20.1. The number of aliphatic hydroxyl groups is 1. The number of esters is 1. The number of nitrogens with zero attached hydrogens (tertiary/aromatic N) is 1. The van der Waals surface area contributed by atoms with Gasteiger partial charge in [0.2, 0.25) is 5.82 Å². The smallest absolute Gasteiger partial charge is 0.460 e. The number of ether oxygens (including phenoxy) is 2. The van der Waals surface area contributed by atoms with Gasteiger partial charge in [-0.05, 0) is 32.2 Å². The van der Waals surface area contributed by atoms with E-state index in [0.717, 1.165) is 0 Å². The highest BCUT2D eigenvalue weighted by Gasteiger charge is 2.56. The van der Waals surface area contributed by atoms with E-state index >= 15 is 0 Å². The monoisotopic (exact) mass is 633 g/mol. The maximum atomic E-state index is 14.5. The second-order valence-electron chi connectivity index (χ2n) is 9.97. The Balaban J connectivity index is 1.71. The van der Waals surface area contributed by atoms with Crippen molar-refractivity contribution in [3.05, 3.63) is 75.3 Å². The number of halogens is 4. The Morgan fingerprint density at radius 1 is 1.16 bits per heavy atom. The Hall–Kier alpha value is -3.56. The molecule has 0 aliphatic carbocycles. The number of carbonyl (C=O) groups excluding carboxylic acids is 1. The number of aromatic amines is 1. The molecule has 17 heteroatoms. The standard InChI is InChI=1S/C26H28F4N3O9P/c1-13(2)39-24(36)14(3)32-43(38,41-19-10-6-8-15-7-4-5-9-16(15)19)42-22(26(28,29)30)21-18(34)11-20(40-21)33-12-17(27)23(35)31-25(33)37/h4-10,12-14,18,20-22,34H,11H2,1-3H3,(H,32,38)(H,31,35,37)/t14-,18-,20+,21-,22-,43-/m0/s1. The zero-order valence-electron chi connectivity index (χ0n) is 22.9. The summed E-state index contributed by atoms with van der Waals surface area (Å²) in [6.45, 7) is 4.23. The first kappa shape index (κ1) is 32.4. The van der Waals surface area contributed by atoms with E-state index in [-0.39, 0.29) is 5.75 Å². The molecule has 0 unspecified atom stereocenters. The molecule has 43 heavy (non-hydrogen) atoms. The molecular formula is C26H28F4N3O9P. The van der Waals surface area contributed by atoms with E-state index < -0.39 is 80.1 Å². The van der Waals surface area contributed by atoms with Gasteiger partial charge in [0.25, 0.3) is 5.56 Å². The average molecular weight is 633 g/mol. The molecule has 0 amide bonds. The normalized spacial score (nSPS) is 21.8. The van der Waals surface area contributed by atoms with Crippen LogP contribution in [0.2, 0.25) is 0 Å². The number of hydrogen-bond acceptors (Lipinski definition) is 9. The Kier molecular flexibility index (Phi) is 9.47. The molecule has 0 saturated carbocycles. The summed E-state index contributed by atoms with van der Waals surface area (Å²) in [4.78, 5) is 37.7. The maximum absolute atomic E-state index is 14.5. The van der Waals surface area contributed by atoms with Gasteiger partial charge >= 0.3 is 25.6 Å². The fraction of sp³-hybridized carbons (Fsp3) is 0.423. The van der Waals surface area contributed by atoms with Crippen molar-refractivity contribution < 1.29 is 50.5 Å². The predicted molar refractivity (Wildman–Crippen MR) is 143 cm³/mol. The Bertz CT molecular complexity index is 1640. The van der Waals surface area contributed by atoms with E-state index in [9.17, 15) is 41.6 Å². The van der Waals surface area contributed by atoms with E-state index in [1.807, 2.05) is 0 Å². The van der Waals surface area contributed by atoms with E-state index in [0.29, 0.717) is 21.5 Å². The van der Waals surface area contributed by atoms with Crippen molar-refractivity contribution in [3.8, 4) is 5.75 Å². The second-order valence-corrected chi connectivity index (χ2v) is 11.6. The Morgan fingerprint density at radius 3 is 2.51 bits per heavy atom. The molecule has 1 saturated heterocycles. The summed E-state index contributed by atoms with van der Waals surface area (Å²) in [5, 5.41) is 13.7. The lowest BCUT2D eigenvalue weighted by Gasteiger charge is -2.32. The number of fused-ring (bicyclic) bond motifs is 1. The van der Waals surface area contributed by atoms with Gasteiger partial charge < -0.3 is 19.1 Å². The Morgan fingerprint density at radius 2 is 1.84 bits per heavy atom. The molecule has 1 aromatic heterocycles. The van der Waals surface area contributed by atoms with Crippen LogP contribution in [0.25, 0.3) is 10.8 Å². The van der Waals surface area contributed by atoms with Crippen LogP contribution in [0.15, 0.2) is 58.3 Å². The molecule has 2 heterocycles. The lowest BCUT2D eigenvalue weighted by Crippen LogP contribution is -2.48. The van der Waals surface area contributed by atoms with Gasteiger partial charge in [0.1, 0.15) is 24.1 Å². The number of aromatic nitrogens is 2. The SMILES string of the molecule is CC(C)OC(=O)[C@H](C)N[P@](=O)(Oc1cccc2ccccc12)O[C@@H]([C@H]1O[C@@H](n2cc(F)c(=O)[nH]c2=O)C[C@@H]1O)C(F)(F)F. The molecule has 4 rings (SSSR count). The zero-order chi connectivity index (χ0) is 31.7. The van der Waals surface area contributed by atoms with Crippen LogP contribution in [0.4, 0.5) is 17.6 Å². The summed E-state index contributed by atoms with van der Waals surface area (Å²) in [6, 6.07) is 9.53. The summed E-state index contributed by atoms with van der Waals surface area (Å²) in [5.74, 6) is -2.55. The third kappa shape index (κ3) is 7.51. The average Bonchev–Trinajstić information content (AvgIpc) is 3.29. The summed E-state index contributed by atoms with van der Waals surface area (Å²) in [7, 11) is -5.18. The van der Waals surface area contributed by atoms with Crippen molar-refractivity contribution >= 4 is 24.5 Å². The van der Waals surface area contributed by atoms with Crippen molar-refractivity contribution in [1.82, 2.24) is 14.6 Å². The Labute approximate surface area is 241 Å². The highest BCUT2D eigenvalue weighted by Crippen LogP contribution is 2.51. The van der Waals surface area contributed by atoms with Gasteiger partial charge in [-0.1, -0.05) is 36.4 Å². The van der Waals surface area contributed by atoms with Crippen molar-refractivity contribution in [1.29, 1.82) is 0 Å². The van der Waals surface area contributed by atoms with Crippen molar-refractivity contribution in [2.45, 2.75) is 70.1 Å². The molecule has 1 fully saturated rings. The number of nitrogens with one attached hydrogen (secondary N) is 2. The van der Waals surface area contributed by atoms with Gasteiger partial charge in [-0.25, -0.2) is 9.36 Å². The molecule has 2 aromatic carbocycles. The van der Waals surface area contributed by atoms with Gasteiger partial charge in [-0.2, -0.15) is 22.6 Å². The van der Waals surface area contributed by atoms with Crippen LogP contribution in [0.1, 0.15) is 33.4 Å². The molecule has 0 spiro atoms. The molecule has 3 N–H and O–H groups in total. The van der Waals surface area contributed by atoms with Gasteiger partial charge in [-0.15, -0.1) is 0 Å². The minimum atomic E-state index is -5.36. The molecule has 1 aliphatic heterocycles. The lowest BCUT2D eigenvalue weighted by molar-refractivity contribution is -0.237. The molecule has 12 nitrogen and oxygen atoms in total. The van der Waals surface area contributed by atoms with Gasteiger partial charge in [0.05, 0.1) is 18.4 Å². The summed E-state index contributed by atoms with van der Waals surface area (Å²) in [5.41, 5.74) is -2.58. The zero-order valence-corrected chi connectivity index (χ0v) is 23.8. The van der Waals surface area contributed by atoms with Crippen molar-refractivity contribution in [3.63, 3.8) is 0 Å². The van der Waals surface area contributed by atoms with E-state index in [1.165, 1.54) is 32.9 Å².